The summed E-state index contributed by atoms with van der Waals surface area (Å²) in [6.45, 7) is 4.62. The van der Waals surface area contributed by atoms with E-state index in [0.717, 1.165) is 17.0 Å². The van der Waals surface area contributed by atoms with Gasteiger partial charge in [-0.3, -0.25) is 0 Å². The zero-order valence-corrected chi connectivity index (χ0v) is 12.2. The van der Waals surface area contributed by atoms with Gasteiger partial charge in [-0.05, 0) is 43.2 Å². The molecule has 0 fully saturated rings. The summed E-state index contributed by atoms with van der Waals surface area (Å²) in [4.78, 5) is 0. The van der Waals surface area contributed by atoms with Crippen LogP contribution in [-0.4, -0.2) is 18.8 Å². The summed E-state index contributed by atoms with van der Waals surface area (Å²) in [5, 5.41) is 13.5. The maximum absolute atomic E-state index is 10.2. The molecule has 0 amide bonds. The first-order valence-electron chi connectivity index (χ1n) is 6.73. The Morgan fingerprint density at radius 2 is 1.80 bits per heavy atom. The average Bonchev–Trinajstić information content (AvgIpc) is 2.46. The van der Waals surface area contributed by atoms with Crippen molar-refractivity contribution in [2.45, 2.75) is 20.0 Å². The Kier molecular flexibility index (Phi) is 4.64. The van der Waals surface area contributed by atoms with Crippen LogP contribution in [0, 0.1) is 13.8 Å². The molecular weight excluding hydrogens is 250 g/mol. The fourth-order valence-corrected chi connectivity index (χ4v) is 2.16. The summed E-state index contributed by atoms with van der Waals surface area (Å²) in [6.07, 6.45) is -0.540. The number of rotatable bonds is 5. The summed E-state index contributed by atoms with van der Waals surface area (Å²) in [6, 6.07) is 13.7. The number of hydrogen-bond acceptors (Lipinski definition) is 3. The minimum atomic E-state index is -0.540. The molecule has 0 aliphatic carbocycles. The first-order chi connectivity index (χ1) is 9.60. The monoisotopic (exact) mass is 271 g/mol. The SMILES string of the molecule is COc1ccc(C(O)CNc2ccc(C)cc2C)cc1. The third-order valence-electron chi connectivity index (χ3n) is 3.37. The van der Waals surface area contributed by atoms with E-state index in [1.54, 1.807) is 7.11 Å². The minimum absolute atomic E-state index is 0.482. The lowest BCUT2D eigenvalue weighted by molar-refractivity contribution is 0.191. The van der Waals surface area contributed by atoms with Crippen molar-refractivity contribution in [3.8, 4) is 5.75 Å². The van der Waals surface area contributed by atoms with Crippen LogP contribution in [0.1, 0.15) is 22.8 Å². The van der Waals surface area contributed by atoms with Gasteiger partial charge in [0.1, 0.15) is 5.75 Å². The Hall–Kier alpha value is -2.00. The van der Waals surface area contributed by atoms with Crippen LogP contribution in [0.3, 0.4) is 0 Å². The highest BCUT2D eigenvalue weighted by Crippen LogP contribution is 2.20. The van der Waals surface area contributed by atoms with Crippen LogP contribution in [-0.2, 0) is 0 Å². The molecule has 0 radical (unpaired) electrons. The van der Waals surface area contributed by atoms with Crippen molar-refractivity contribution in [2.75, 3.05) is 19.0 Å². The van der Waals surface area contributed by atoms with Gasteiger partial charge < -0.3 is 15.2 Å². The van der Waals surface area contributed by atoms with E-state index in [1.807, 2.05) is 30.3 Å². The number of aliphatic hydroxyl groups is 1. The molecule has 3 nitrogen and oxygen atoms in total. The Labute approximate surface area is 120 Å². The van der Waals surface area contributed by atoms with Crippen LogP contribution >= 0.6 is 0 Å². The van der Waals surface area contributed by atoms with Crippen molar-refractivity contribution < 1.29 is 9.84 Å². The molecule has 2 aromatic rings. The molecular formula is C17H21NO2. The Bertz CT molecular complexity index is 564. The number of nitrogens with one attached hydrogen (secondary N) is 1. The quantitative estimate of drug-likeness (QED) is 0.875. The highest BCUT2D eigenvalue weighted by Gasteiger charge is 2.08. The Morgan fingerprint density at radius 1 is 1.10 bits per heavy atom. The Morgan fingerprint density at radius 3 is 2.40 bits per heavy atom. The molecule has 0 saturated carbocycles. The van der Waals surface area contributed by atoms with E-state index in [2.05, 4.69) is 31.3 Å². The topological polar surface area (TPSA) is 41.5 Å². The fourth-order valence-electron chi connectivity index (χ4n) is 2.16. The molecule has 2 rings (SSSR count). The van der Waals surface area contributed by atoms with E-state index < -0.39 is 6.10 Å². The van der Waals surface area contributed by atoms with Crippen molar-refractivity contribution in [3.05, 3.63) is 59.2 Å². The third-order valence-corrected chi connectivity index (χ3v) is 3.37. The van der Waals surface area contributed by atoms with Gasteiger partial charge >= 0.3 is 0 Å². The molecule has 20 heavy (non-hydrogen) atoms. The van der Waals surface area contributed by atoms with Crippen molar-refractivity contribution in [2.24, 2.45) is 0 Å². The van der Waals surface area contributed by atoms with Crippen LogP contribution in [0.25, 0.3) is 0 Å². The summed E-state index contributed by atoms with van der Waals surface area (Å²) in [7, 11) is 1.63. The fraction of sp³-hybridized carbons (Fsp3) is 0.294. The number of aryl methyl sites for hydroxylation is 2. The smallest absolute Gasteiger partial charge is 0.118 e. The highest BCUT2D eigenvalue weighted by atomic mass is 16.5. The van der Waals surface area contributed by atoms with Gasteiger partial charge in [0.25, 0.3) is 0 Å². The normalized spacial score (nSPS) is 12.0. The van der Waals surface area contributed by atoms with Crippen LogP contribution < -0.4 is 10.1 Å². The molecule has 2 N–H and O–H groups in total. The van der Waals surface area contributed by atoms with Gasteiger partial charge in [-0.2, -0.15) is 0 Å². The molecule has 0 spiro atoms. The number of anilines is 1. The van der Waals surface area contributed by atoms with Crippen LogP contribution in [0.4, 0.5) is 5.69 Å². The molecule has 3 heteroatoms. The Balaban J connectivity index is 1.98. The highest BCUT2D eigenvalue weighted by molar-refractivity contribution is 5.52. The van der Waals surface area contributed by atoms with E-state index in [0.29, 0.717) is 6.54 Å². The average molecular weight is 271 g/mol. The molecule has 0 aliphatic heterocycles. The second kappa shape index (κ2) is 6.44. The molecule has 0 heterocycles. The van der Waals surface area contributed by atoms with Crippen molar-refractivity contribution in [1.82, 2.24) is 0 Å². The zero-order chi connectivity index (χ0) is 14.5. The standard InChI is InChI=1S/C17H21NO2/c1-12-4-9-16(13(2)10-12)18-11-17(19)14-5-7-15(20-3)8-6-14/h4-10,17-19H,11H2,1-3H3. The predicted molar refractivity (Wildman–Crippen MR) is 82.4 cm³/mol. The predicted octanol–water partition coefficient (Wildman–Crippen LogP) is 3.46. The van der Waals surface area contributed by atoms with Gasteiger partial charge in [0.05, 0.1) is 13.2 Å². The third kappa shape index (κ3) is 3.52. The summed E-state index contributed by atoms with van der Waals surface area (Å²) < 4.78 is 5.11. The van der Waals surface area contributed by atoms with Gasteiger partial charge in [0, 0.05) is 12.2 Å². The van der Waals surface area contributed by atoms with E-state index in [-0.39, 0.29) is 0 Å². The van der Waals surface area contributed by atoms with Gasteiger partial charge in [0.15, 0.2) is 0 Å². The molecule has 0 aromatic heterocycles. The van der Waals surface area contributed by atoms with Gasteiger partial charge in [0.2, 0.25) is 0 Å². The summed E-state index contributed by atoms with van der Waals surface area (Å²) in [5.74, 6) is 0.795. The maximum Gasteiger partial charge on any atom is 0.118 e. The molecule has 0 bridgehead atoms. The maximum atomic E-state index is 10.2. The van der Waals surface area contributed by atoms with Crippen molar-refractivity contribution in [1.29, 1.82) is 0 Å². The van der Waals surface area contributed by atoms with Crippen LogP contribution in [0.5, 0.6) is 5.75 Å². The number of hydrogen-bond donors (Lipinski definition) is 2. The lowest BCUT2D eigenvalue weighted by Gasteiger charge is -2.15. The second-order valence-corrected chi connectivity index (χ2v) is 4.99. The van der Waals surface area contributed by atoms with E-state index in [4.69, 9.17) is 4.74 Å². The van der Waals surface area contributed by atoms with Crippen LogP contribution in [0.15, 0.2) is 42.5 Å². The number of benzene rings is 2. The molecule has 106 valence electrons. The zero-order valence-electron chi connectivity index (χ0n) is 12.2. The molecule has 0 saturated heterocycles. The lowest BCUT2D eigenvalue weighted by atomic mass is 10.1. The largest absolute Gasteiger partial charge is 0.497 e. The molecule has 2 aromatic carbocycles. The molecule has 0 aliphatic rings. The number of aliphatic hydroxyl groups excluding tert-OH is 1. The second-order valence-electron chi connectivity index (χ2n) is 4.99. The first kappa shape index (κ1) is 14.4. The first-order valence-corrected chi connectivity index (χ1v) is 6.73. The minimum Gasteiger partial charge on any atom is -0.497 e. The van der Waals surface area contributed by atoms with Crippen molar-refractivity contribution in [3.63, 3.8) is 0 Å². The van der Waals surface area contributed by atoms with Gasteiger partial charge in [-0.15, -0.1) is 0 Å². The van der Waals surface area contributed by atoms with E-state index >= 15 is 0 Å². The van der Waals surface area contributed by atoms with Gasteiger partial charge in [-0.25, -0.2) is 0 Å². The summed E-state index contributed by atoms with van der Waals surface area (Å²) in [5.41, 5.74) is 4.36. The van der Waals surface area contributed by atoms with Gasteiger partial charge in [-0.1, -0.05) is 29.8 Å². The van der Waals surface area contributed by atoms with E-state index in [1.165, 1.54) is 11.1 Å². The number of methoxy groups -OCH3 is 1. The van der Waals surface area contributed by atoms with E-state index in [9.17, 15) is 5.11 Å². The number of ether oxygens (including phenoxy) is 1. The van der Waals surface area contributed by atoms with Crippen molar-refractivity contribution >= 4 is 5.69 Å². The molecule has 1 atom stereocenters. The lowest BCUT2D eigenvalue weighted by Crippen LogP contribution is -2.12. The molecule has 1 unspecified atom stereocenters. The van der Waals surface area contributed by atoms with Crippen LogP contribution in [0.2, 0.25) is 0 Å². The summed E-state index contributed by atoms with van der Waals surface area (Å²) >= 11 is 0.